The molecule has 3 atom stereocenters. The Morgan fingerprint density at radius 2 is 1.86 bits per heavy atom. The van der Waals surface area contributed by atoms with Crippen molar-refractivity contribution in [3.63, 3.8) is 0 Å². The van der Waals surface area contributed by atoms with E-state index in [9.17, 15) is 4.79 Å². The van der Waals surface area contributed by atoms with Gasteiger partial charge in [-0.1, -0.05) is 42.5 Å². The van der Waals surface area contributed by atoms with Gasteiger partial charge in [-0.2, -0.15) is 0 Å². The molecule has 0 unspecified atom stereocenters. The molecule has 2 heteroatoms. The minimum atomic E-state index is 0.0776. The fourth-order valence-electron chi connectivity index (χ4n) is 4.19. The van der Waals surface area contributed by atoms with Crippen LogP contribution in [0, 0.1) is 11.8 Å². The molecule has 0 N–H and O–H groups in total. The van der Waals surface area contributed by atoms with Crippen LogP contribution in [-0.4, -0.2) is 0 Å². The van der Waals surface area contributed by atoms with Crippen LogP contribution in [0.4, 0.5) is 0 Å². The molecule has 3 aromatic rings. The van der Waals surface area contributed by atoms with Crippen molar-refractivity contribution in [1.82, 2.24) is 0 Å². The molecule has 2 aromatic carbocycles. The van der Waals surface area contributed by atoms with Crippen molar-refractivity contribution in [1.29, 1.82) is 0 Å². The van der Waals surface area contributed by atoms with E-state index in [1.54, 1.807) is 6.07 Å². The molecule has 1 heterocycles. The van der Waals surface area contributed by atoms with Crippen molar-refractivity contribution in [3.8, 4) is 0 Å². The van der Waals surface area contributed by atoms with Crippen LogP contribution in [0.15, 0.2) is 63.8 Å². The van der Waals surface area contributed by atoms with Crippen molar-refractivity contribution in [2.75, 3.05) is 0 Å². The average Bonchev–Trinajstić information content (AvgIpc) is 3.17. The van der Waals surface area contributed by atoms with Gasteiger partial charge in [-0.05, 0) is 36.1 Å². The third-order valence-electron chi connectivity index (χ3n) is 5.28. The largest absolute Gasteiger partial charge is 0.460 e. The van der Waals surface area contributed by atoms with Gasteiger partial charge in [-0.3, -0.25) is 4.79 Å². The Bertz CT molecular complexity index is 980. The van der Waals surface area contributed by atoms with Gasteiger partial charge in [-0.15, -0.1) is 0 Å². The van der Waals surface area contributed by atoms with Crippen molar-refractivity contribution < 1.29 is 4.42 Å². The minimum absolute atomic E-state index is 0.0776. The second-order valence-corrected chi connectivity index (χ2v) is 6.56. The number of allylic oxidation sites excluding steroid dienone is 2. The van der Waals surface area contributed by atoms with E-state index in [0.29, 0.717) is 23.1 Å². The molecule has 2 aliphatic rings. The first-order valence-electron chi connectivity index (χ1n) is 7.93. The molecule has 2 bridgehead atoms. The Labute approximate surface area is 128 Å². The number of fused-ring (bicyclic) bond motifs is 5. The first-order valence-corrected chi connectivity index (χ1v) is 7.93. The normalized spacial score (nSPS) is 26.3. The van der Waals surface area contributed by atoms with E-state index < -0.39 is 0 Å². The smallest absolute Gasteiger partial charge is 0.192 e. The van der Waals surface area contributed by atoms with Crippen LogP contribution in [0.5, 0.6) is 0 Å². The predicted octanol–water partition coefficient (Wildman–Crippen LogP) is 4.63. The molecular formula is C20H16O2. The fourth-order valence-corrected chi connectivity index (χ4v) is 4.19. The number of hydrogen-bond donors (Lipinski definition) is 0. The van der Waals surface area contributed by atoms with Crippen molar-refractivity contribution in [2.24, 2.45) is 11.8 Å². The Hall–Kier alpha value is -2.35. The van der Waals surface area contributed by atoms with Gasteiger partial charge in [-0.25, -0.2) is 0 Å². The molecule has 0 aliphatic heterocycles. The number of hydrogen-bond acceptors (Lipinski definition) is 2. The van der Waals surface area contributed by atoms with Crippen LogP contribution in [0.3, 0.4) is 0 Å². The maximum Gasteiger partial charge on any atom is 0.192 e. The van der Waals surface area contributed by atoms with E-state index in [4.69, 9.17) is 4.42 Å². The highest BCUT2D eigenvalue weighted by Gasteiger charge is 2.38. The van der Waals surface area contributed by atoms with Crippen LogP contribution < -0.4 is 5.43 Å². The van der Waals surface area contributed by atoms with E-state index in [0.717, 1.165) is 28.5 Å². The summed E-state index contributed by atoms with van der Waals surface area (Å²) in [6, 6.07) is 13.7. The summed E-state index contributed by atoms with van der Waals surface area (Å²) in [4.78, 5) is 12.5. The summed E-state index contributed by atoms with van der Waals surface area (Å²) in [6.45, 7) is 0. The first kappa shape index (κ1) is 12.2. The lowest BCUT2D eigenvalue weighted by atomic mass is 9.91. The van der Waals surface area contributed by atoms with Crippen molar-refractivity contribution >= 4 is 21.7 Å². The zero-order chi connectivity index (χ0) is 14.7. The van der Waals surface area contributed by atoms with Gasteiger partial charge in [0.2, 0.25) is 0 Å². The third kappa shape index (κ3) is 1.64. The second-order valence-electron chi connectivity index (χ2n) is 6.56. The predicted molar refractivity (Wildman–Crippen MR) is 88.1 cm³/mol. The molecule has 22 heavy (non-hydrogen) atoms. The highest BCUT2D eigenvalue weighted by atomic mass is 16.3. The average molecular weight is 288 g/mol. The SMILES string of the molecule is O=c1cc([C@H]2C[C@H]3C=C[C@@H]2C3)oc2c1ccc1ccccc12. The van der Waals surface area contributed by atoms with E-state index in [1.165, 1.54) is 6.42 Å². The number of rotatable bonds is 1. The summed E-state index contributed by atoms with van der Waals surface area (Å²) in [5.74, 6) is 2.45. The van der Waals surface area contributed by atoms with Crippen LogP contribution in [-0.2, 0) is 0 Å². The third-order valence-corrected chi connectivity index (χ3v) is 5.28. The summed E-state index contributed by atoms with van der Waals surface area (Å²) in [5, 5.41) is 2.82. The highest BCUT2D eigenvalue weighted by molar-refractivity contribution is 6.03. The Balaban J connectivity index is 1.79. The van der Waals surface area contributed by atoms with Crippen LogP contribution in [0.2, 0.25) is 0 Å². The molecule has 1 fully saturated rings. The topological polar surface area (TPSA) is 30.2 Å². The minimum Gasteiger partial charge on any atom is -0.460 e. The molecule has 0 spiro atoms. The monoisotopic (exact) mass is 288 g/mol. The summed E-state index contributed by atoms with van der Waals surface area (Å²) in [5.41, 5.74) is 0.820. The Kier molecular flexibility index (Phi) is 2.40. The van der Waals surface area contributed by atoms with Gasteiger partial charge in [0, 0.05) is 17.4 Å². The molecule has 0 radical (unpaired) electrons. The molecule has 1 saturated carbocycles. The quantitative estimate of drug-likeness (QED) is 0.483. The lowest BCUT2D eigenvalue weighted by molar-refractivity contribution is 0.442. The van der Waals surface area contributed by atoms with Crippen molar-refractivity contribution in [3.05, 3.63) is 70.6 Å². The Morgan fingerprint density at radius 3 is 2.68 bits per heavy atom. The van der Waals surface area contributed by atoms with E-state index in [2.05, 4.69) is 18.2 Å². The van der Waals surface area contributed by atoms with E-state index >= 15 is 0 Å². The zero-order valence-electron chi connectivity index (χ0n) is 12.2. The van der Waals surface area contributed by atoms with Gasteiger partial charge >= 0.3 is 0 Å². The van der Waals surface area contributed by atoms with Crippen LogP contribution in [0.1, 0.15) is 24.5 Å². The lowest BCUT2D eigenvalue weighted by Crippen LogP contribution is -2.10. The molecule has 108 valence electrons. The van der Waals surface area contributed by atoms with E-state index in [-0.39, 0.29) is 5.43 Å². The molecule has 0 saturated heterocycles. The van der Waals surface area contributed by atoms with Crippen molar-refractivity contribution in [2.45, 2.75) is 18.8 Å². The van der Waals surface area contributed by atoms with Crippen LogP contribution in [0.25, 0.3) is 21.7 Å². The summed E-state index contributed by atoms with van der Waals surface area (Å²) in [7, 11) is 0. The lowest BCUT2D eigenvalue weighted by Gasteiger charge is -2.17. The maximum absolute atomic E-state index is 12.5. The van der Waals surface area contributed by atoms with Gasteiger partial charge in [0.25, 0.3) is 0 Å². The maximum atomic E-state index is 12.5. The summed E-state index contributed by atoms with van der Waals surface area (Å²) in [6.07, 6.45) is 6.93. The number of benzene rings is 2. The molecule has 5 rings (SSSR count). The molecule has 2 aliphatic carbocycles. The molecule has 1 aromatic heterocycles. The van der Waals surface area contributed by atoms with Crippen LogP contribution >= 0.6 is 0 Å². The van der Waals surface area contributed by atoms with E-state index in [1.807, 2.05) is 30.3 Å². The van der Waals surface area contributed by atoms with Gasteiger partial charge in [0.15, 0.2) is 5.43 Å². The fraction of sp³-hybridized carbons (Fsp3) is 0.250. The molecule has 2 nitrogen and oxygen atoms in total. The molecule has 0 amide bonds. The Morgan fingerprint density at radius 1 is 0.955 bits per heavy atom. The summed E-state index contributed by atoms with van der Waals surface area (Å²) >= 11 is 0. The standard InChI is InChI=1S/C20H16O2/c21-18-11-19(17-10-12-5-6-14(17)9-12)22-20-15-4-2-1-3-13(15)7-8-16(18)20/h1-8,11-12,14,17H,9-10H2/t12-,14+,17-/m0/s1. The highest BCUT2D eigenvalue weighted by Crippen LogP contribution is 2.48. The first-order chi connectivity index (χ1) is 10.8. The van der Waals surface area contributed by atoms with Gasteiger partial charge in [0.05, 0.1) is 5.39 Å². The summed E-state index contributed by atoms with van der Waals surface area (Å²) < 4.78 is 6.26. The zero-order valence-corrected chi connectivity index (χ0v) is 12.2. The second kappa shape index (κ2) is 4.33. The van der Waals surface area contributed by atoms with Gasteiger partial charge in [0.1, 0.15) is 11.3 Å². The molecular weight excluding hydrogens is 272 g/mol. The van der Waals surface area contributed by atoms with Gasteiger partial charge < -0.3 is 4.42 Å².